The first-order chi connectivity index (χ1) is 19.3. The fourth-order valence-corrected chi connectivity index (χ4v) is 6.31. The number of H-pyrrole nitrogens is 1. The van der Waals surface area contributed by atoms with E-state index in [0.717, 1.165) is 60.4 Å². The van der Waals surface area contributed by atoms with E-state index in [1.54, 1.807) is 0 Å². The molecule has 0 unspecified atom stereocenters. The van der Waals surface area contributed by atoms with Crippen LogP contribution in [0.1, 0.15) is 73.8 Å². The van der Waals surface area contributed by atoms with Gasteiger partial charge in [-0.15, -0.1) is 0 Å². The third-order valence-electron chi connectivity index (χ3n) is 8.45. The second-order valence-corrected chi connectivity index (χ2v) is 11.7. The number of rotatable bonds is 6. The van der Waals surface area contributed by atoms with Crippen molar-refractivity contribution in [1.29, 1.82) is 5.41 Å². The quantitative estimate of drug-likeness (QED) is 0.379. The molecule has 0 atom stereocenters. The number of alkyl halides is 2. The van der Waals surface area contributed by atoms with Crippen LogP contribution in [0.4, 0.5) is 14.5 Å². The number of likely N-dealkylation sites (tertiary alicyclic amines) is 2. The van der Waals surface area contributed by atoms with Crippen LogP contribution in [0.25, 0.3) is 11.3 Å². The van der Waals surface area contributed by atoms with Gasteiger partial charge in [0.15, 0.2) is 0 Å². The number of nitrogens with two attached hydrogens (primary N) is 1. The molecular formula is C32H38F2N6. The van der Waals surface area contributed by atoms with E-state index >= 15 is 0 Å². The van der Waals surface area contributed by atoms with E-state index in [2.05, 4.69) is 47.2 Å². The minimum absolute atomic E-state index is 0.0681. The molecule has 0 bridgehead atoms. The van der Waals surface area contributed by atoms with Crippen molar-refractivity contribution >= 4 is 22.7 Å². The summed E-state index contributed by atoms with van der Waals surface area (Å²) in [6.07, 6.45) is 14.8. The smallest absolute Gasteiger partial charge is 0.261 e. The predicted molar refractivity (Wildman–Crippen MR) is 158 cm³/mol. The Bertz CT molecular complexity index is 1440. The van der Waals surface area contributed by atoms with Crippen LogP contribution in [0.3, 0.4) is 0 Å². The normalized spacial score (nSPS) is 21.2. The number of anilines is 1. The molecule has 0 saturated carbocycles. The largest absolute Gasteiger partial charge is 0.397 e. The number of piperidine rings is 1. The summed E-state index contributed by atoms with van der Waals surface area (Å²) in [5.74, 6) is -2.59. The van der Waals surface area contributed by atoms with Crippen LogP contribution >= 0.6 is 0 Å². The van der Waals surface area contributed by atoms with E-state index in [1.165, 1.54) is 30.5 Å². The van der Waals surface area contributed by atoms with Crippen molar-refractivity contribution in [2.75, 3.05) is 38.5 Å². The average Bonchev–Trinajstić information content (AvgIpc) is 3.47. The first kappa shape index (κ1) is 26.7. The molecule has 8 heteroatoms. The van der Waals surface area contributed by atoms with Crippen LogP contribution in [0.5, 0.6) is 0 Å². The summed E-state index contributed by atoms with van der Waals surface area (Å²) < 4.78 is 27.4. The maximum absolute atomic E-state index is 13.7. The Morgan fingerprint density at radius 1 is 1.15 bits per heavy atom. The molecule has 0 aromatic carbocycles. The van der Waals surface area contributed by atoms with Crippen LogP contribution in [0.2, 0.25) is 0 Å². The lowest BCUT2D eigenvalue weighted by Crippen LogP contribution is -2.28. The average molecular weight is 545 g/mol. The van der Waals surface area contributed by atoms with Crippen molar-refractivity contribution in [3.63, 3.8) is 0 Å². The van der Waals surface area contributed by atoms with E-state index in [-0.39, 0.29) is 18.7 Å². The Balaban J connectivity index is 1.26. The van der Waals surface area contributed by atoms with E-state index in [4.69, 9.17) is 16.1 Å². The van der Waals surface area contributed by atoms with Gasteiger partial charge < -0.3 is 15.6 Å². The molecule has 6 rings (SSSR count). The number of aromatic amines is 1. The molecule has 4 aliphatic rings. The predicted octanol–water partition coefficient (Wildman–Crippen LogP) is 6.18. The Morgan fingerprint density at radius 2 is 1.98 bits per heavy atom. The van der Waals surface area contributed by atoms with Gasteiger partial charge in [-0.2, -0.15) is 0 Å². The van der Waals surface area contributed by atoms with Gasteiger partial charge in [-0.25, -0.2) is 13.8 Å². The molecule has 4 heterocycles. The summed E-state index contributed by atoms with van der Waals surface area (Å²) in [7, 11) is 0. The van der Waals surface area contributed by atoms with Crippen LogP contribution in [-0.2, 0) is 6.42 Å². The van der Waals surface area contributed by atoms with Crippen molar-refractivity contribution in [3.8, 4) is 0 Å². The zero-order valence-electron chi connectivity index (χ0n) is 23.2. The number of hydrogen-bond donors (Lipinski definition) is 3. The number of nitrogens with zero attached hydrogens (tertiary/aromatic N) is 3. The number of hydrogen-bond acceptors (Lipinski definition) is 5. The first-order valence-electron chi connectivity index (χ1n) is 14.5. The molecular weight excluding hydrogens is 506 g/mol. The van der Waals surface area contributed by atoms with Crippen molar-refractivity contribution < 1.29 is 8.78 Å². The third kappa shape index (κ3) is 5.55. The van der Waals surface area contributed by atoms with Crippen molar-refractivity contribution in [2.24, 2.45) is 0 Å². The number of halogens is 2. The lowest BCUT2D eigenvalue weighted by atomic mass is 9.96. The highest BCUT2D eigenvalue weighted by molar-refractivity contribution is 6.12. The Kier molecular flexibility index (Phi) is 7.21. The highest BCUT2D eigenvalue weighted by Gasteiger charge is 2.38. The molecule has 4 N–H and O–H groups in total. The van der Waals surface area contributed by atoms with Crippen molar-refractivity contribution in [2.45, 2.75) is 57.8 Å². The molecule has 0 radical (unpaired) electrons. The summed E-state index contributed by atoms with van der Waals surface area (Å²) in [6.45, 7) is 5.06. The number of pyridine rings is 1. The Hall–Kier alpha value is -3.52. The molecule has 6 nitrogen and oxygen atoms in total. The highest BCUT2D eigenvalue weighted by atomic mass is 19.3. The summed E-state index contributed by atoms with van der Waals surface area (Å²) in [5, 5.41) is 9.11. The van der Waals surface area contributed by atoms with Crippen LogP contribution < -0.4 is 5.73 Å². The maximum atomic E-state index is 13.7. The lowest BCUT2D eigenvalue weighted by molar-refractivity contribution is 0.0130. The monoisotopic (exact) mass is 544 g/mol. The molecule has 40 heavy (non-hydrogen) atoms. The van der Waals surface area contributed by atoms with Crippen molar-refractivity contribution in [3.05, 3.63) is 82.0 Å². The van der Waals surface area contributed by atoms with Crippen LogP contribution in [-0.4, -0.2) is 64.1 Å². The lowest BCUT2D eigenvalue weighted by Gasteiger charge is -2.31. The fraction of sp³-hybridized carbons (Fsp3) is 0.438. The van der Waals surface area contributed by atoms with Crippen LogP contribution in [0, 0.1) is 5.41 Å². The summed E-state index contributed by atoms with van der Waals surface area (Å²) in [6, 6.07) is 5.79. The number of aromatic nitrogens is 2. The molecule has 2 aromatic heterocycles. The van der Waals surface area contributed by atoms with Gasteiger partial charge >= 0.3 is 0 Å². The molecule has 2 fully saturated rings. The Morgan fingerprint density at radius 3 is 2.75 bits per heavy atom. The van der Waals surface area contributed by atoms with Gasteiger partial charge in [-0.3, -0.25) is 10.3 Å². The summed E-state index contributed by atoms with van der Waals surface area (Å²) >= 11 is 0. The molecule has 2 aromatic rings. The van der Waals surface area contributed by atoms with Gasteiger partial charge in [0, 0.05) is 56.0 Å². The van der Waals surface area contributed by atoms with Gasteiger partial charge in [-0.1, -0.05) is 29.4 Å². The zero-order valence-corrected chi connectivity index (χ0v) is 23.2. The third-order valence-corrected chi connectivity index (χ3v) is 8.45. The zero-order chi connectivity index (χ0) is 27.9. The van der Waals surface area contributed by atoms with E-state index in [1.807, 2.05) is 17.0 Å². The van der Waals surface area contributed by atoms with Gasteiger partial charge in [-0.05, 0) is 68.9 Å². The van der Waals surface area contributed by atoms with Gasteiger partial charge in [0.1, 0.15) is 11.4 Å². The fourth-order valence-electron chi connectivity index (χ4n) is 6.31. The standard InChI is InChI=1S/C32H38F2N6/c1-21-8-11-29(40-13-3-2-4-14-40)24-18-28(37-27(24)16-21)30(36)31-25(35)9-10-26(38-31)23-7-5-6-22(17-23)19-39-15-12-32(33,34)20-39/h7-11,17-18,36-37H,2-6,12-16,19-20,35H2,1H3. The molecule has 0 spiro atoms. The Labute approximate surface area is 234 Å². The molecule has 2 aliphatic heterocycles. The van der Waals surface area contributed by atoms with E-state index < -0.39 is 5.92 Å². The van der Waals surface area contributed by atoms with E-state index in [9.17, 15) is 8.78 Å². The highest BCUT2D eigenvalue weighted by Crippen LogP contribution is 2.33. The van der Waals surface area contributed by atoms with E-state index in [0.29, 0.717) is 30.2 Å². The second kappa shape index (κ2) is 10.8. The second-order valence-electron chi connectivity index (χ2n) is 11.7. The SMILES string of the molecule is CC1=CC=C(N2CCCCC2)c2cc(C(=N)c3nc(C4=CCCC(CN5CCC(F)(F)C5)=C4)ccc3N)[nH]c2C1. The number of nitrogens with one attached hydrogen (secondary N) is 2. The first-order valence-corrected chi connectivity index (χ1v) is 14.5. The van der Waals surface area contributed by atoms with Crippen LogP contribution in [0.15, 0.2) is 53.6 Å². The maximum Gasteiger partial charge on any atom is 0.261 e. The minimum atomic E-state index is -2.59. The topological polar surface area (TPSA) is 85.0 Å². The van der Waals surface area contributed by atoms with Gasteiger partial charge in [0.25, 0.3) is 5.92 Å². The molecule has 2 aliphatic carbocycles. The summed E-state index contributed by atoms with van der Waals surface area (Å²) in [5.41, 5.74) is 15.9. The molecule has 0 amide bonds. The number of allylic oxidation sites excluding steroid dienone is 6. The minimum Gasteiger partial charge on any atom is -0.397 e. The number of fused-ring (bicyclic) bond motifs is 1. The van der Waals surface area contributed by atoms with Gasteiger partial charge in [0.05, 0.1) is 23.6 Å². The van der Waals surface area contributed by atoms with Crippen molar-refractivity contribution in [1.82, 2.24) is 19.8 Å². The summed E-state index contributed by atoms with van der Waals surface area (Å²) in [4.78, 5) is 12.7. The van der Waals surface area contributed by atoms with Gasteiger partial charge in [0.2, 0.25) is 0 Å². The number of nitrogen functional groups attached to an aromatic ring is 1. The molecule has 2 saturated heterocycles. The molecule has 210 valence electrons.